The average Bonchev–Trinajstić information content (AvgIpc) is 3.26. The Hall–Kier alpha value is -3.29. The number of benzene rings is 1. The lowest BCUT2D eigenvalue weighted by Gasteiger charge is -2.14. The minimum Gasteiger partial charge on any atom is -0.493 e. The molecule has 0 saturated carbocycles. The predicted molar refractivity (Wildman–Crippen MR) is 107 cm³/mol. The van der Waals surface area contributed by atoms with Crippen LogP contribution in [0.25, 0.3) is 6.08 Å². The Morgan fingerprint density at radius 2 is 1.64 bits per heavy atom. The number of carbonyl (C=O) groups is 1. The Balaban J connectivity index is 1.66. The van der Waals surface area contributed by atoms with Gasteiger partial charge in [-0.05, 0) is 36.6 Å². The second kappa shape index (κ2) is 9.07. The van der Waals surface area contributed by atoms with Gasteiger partial charge in [0.2, 0.25) is 17.6 Å². The van der Waals surface area contributed by atoms with E-state index in [4.69, 9.17) is 14.2 Å². The second-order valence-electron chi connectivity index (χ2n) is 6.25. The fraction of sp³-hybridized carbons (Fsp3) is 0.350. The van der Waals surface area contributed by atoms with Crippen molar-refractivity contribution in [3.05, 3.63) is 36.2 Å². The molecule has 28 heavy (non-hydrogen) atoms. The molecule has 1 aliphatic heterocycles. The summed E-state index contributed by atoms with van der Waals surface area (Å²) in [5.41, 5.74) is 1.28. The summed E-state index contributed by atoms with van der Waals surface area (Å²) in [6.07, 6.45) is 8.65. The van der Waals surface area contributed by atoms with E-state index in [-0.39, 0.29) is 5.91 Å². The molecule has 1 N–H and O–H groups in total. The standard InChI is InChI=1S/C20H24N4O4/c1-26-16-10-14(11-17(27-2)19(16)28-3)6-7-18(25)23-15-12-21-20(22-13-15)24-8-4-5-9-24/h6-7,10-13H,4-5,8-9H2,1-3H3,(H,23,25)/b7-6+. The maximum Gasteiger partial charge on any atom is 0.248 e. The van der Waals surface area contributed by atoms with Gasteiger partial charge in [0.1, 0.15) is 0 Å². The van der Waals surface area contributed by atoms with Crippen LogP contribution in [0.5, 0.6) is 17.2 Å². The largest absolute Gasteiger partial charge is 0.493 e. The lowest BCUT2D eigenvalue weighted by atomic mass is 10.1. The van der Waals surface area contributed by atoms with Gasteiger partial charge in [-0.15, -0.1) is 0 Å². The highest BCUT2D eigenvalue weighted by molar-refractivity contribution is 6.01. The van der Waals surface area contributed by atoms with E-state index in [0.29, 0.717) is 28.9 Å². The van der Waals surface area contributed by atoms with Crippen LogP contribution >= 0.6 is 0 Å². The van der Waals surface area contributed by atoms with Crippen LogP contribution in [-0.4, -0.2) is 50.3 Å². The Bertz CT molecular complexity index is 821. The number of amides is 1. The van der Waals surface area contributed by atoms with E-state index in [0.717, 1.165) is 31.5 Å². The van der Waals surface area contributed by atoms with Crippen LogP contribution < -0.4 is 24.4 Å². The number of hydrogen-bond donors (Lipinski definition) is 1. The first-order valence-electron chi connectivity index (χ1n) is 9.00. The molecular weight excluding hydrogens is 360 g/mol. The first-order chi connectivity index (χ1) is 13.6. The number of methoxy groups -OCH3 is 3. The summed E-state index contributed by atoms with van der Waals surface area (Å²) in [6, 6.07) is 3.53. The van der Waals surface area contributed by atoms with E-state index in [1.807, 2.05) is 0 Å². The van der Waals surface area contributed by atoms with Gasteiger partial charge in [0, 0.05) is 19.2 Å². The van der Waals surface area contributed by atoms with Crippen LogP contribution in [0.4, 0.5) is 11.6 Å². The first-order valence-corrected chi connectivity index (χ1v) is 9.00. The molecule has 148 valence electrons. The zero-order chi connectivity index (χ0) is 19.9. The first kappa shape index (κ1) is 19.5. The van der Waals surface area contributed by atoms with Gasteiger partial charge in [-0.1, -0.05) is 0 Å². The number of hydrogen-bond acceptors (Lipinski definition) is 7. The molecule has 0 bridgehead atoms. The van der Waals surface area contributed by atoms with Gasteiger partial charge in [-0.25, -0.2) is 9.97 Å². The number of nitrogens with one attached hydrogen (secondary N) is 1. The van der Waals surface area contributed by atoms with Crippen molar-refractivity contribution in [2.24, 2.45) is 0 Å². The highest BCUT2D eigenvalue weighted by atomic mass is 16.5. The zero-order valence-electron chi connectivity index (χ0n) is 16.3. The quantitative estimate of drug-likeness (QED) is 0.735. The molecule has 1 fully saturated rings. The molecule has 0 unspecified atom stereocenters. The third-order valence-electron chi connectivity index (χ3n) is 4.41. The van der Waals surface area contributed by atoms with Gasteiger partial charge in [0.25, 0.3) is 0 Å². The van der Waals surface area contributed by atoms with Crippen LogP contribution in [0, 0.1) is 0 Å². The van der Waals surface area contributed by atoms with Crippen molar-refractivity contribution in [2.75, 3.05) is 44.6 Å². The summed E-state index contributed by atoms with van der Waals surface area (Å²) in [7, 11) is 4.63. The molecule has 8 heteroatoms. The van der Waals surface area contributed by atoms with Gasteiger partial charge < -0.3 is 24.4 Å². The SMILES string of the molecule is COc1cc(/C=C/C(=O)Nc2cnc(N3CCCC3)nc2)cc(OC)c1OC. The molecule has 0 radical (unpaired) electrons. The monoisotopic (exact) mass is 384 g/mol. The summed E-state index contributed by atoms with van der Waals surface area (Å²) in [5.74, 6) is 1.96. The summed E-state index contributed by atoms with van der Waals surface area (Å²) >= 11 is 0. The summed E-state index contributed by atoms with van der Waals surface area (Å²) in [4.78, 5) is 23.0. The van der Waals surface area contributed by atoms with E-state index < -0.39 is 0 Å². The number of nitrogens with zero attached hydrogens (tertiary/aromatic N) is 3. The number of aromatic nitrogens is 2. The Labute approximate surface area is 164 Å². The fourth-order valence-electron chi connectivity index (χ4n) is 3.02. The maximum absolute atomic E-state index is 12.2. The molecule has 8 nitrogen and oxygen atoms in total. The van der Waals surface area contributed by atoms with Crippen molar-refractivity contribution < 1.29 is 19.0 Å². The normalized spacial score (nSPS) is 13.6. The summed E-state index contributed by atoms with van der Waals surface area (Å²) < 4.78 is 15.9. The summed E-state index contributed by atoms with van der Waals surface area (Å²) in [5, 5.41) is 2.75. The molecule has 1 aliphatic rings. The van der Waals surface area contributed by atoms with Crippen molar-refractivity contribution in [3.8, 4) is 17.2 Å². The third-order valence-corrected chi connectivity index (χ3v) is 4.41. The van der Waals surface area contributed by atoms with Crippen LogP contribution in [0.2, 0.25) is 0 Å². The van der Waals surface area contributed by atoms with Gasteiger partial charge in [-0.3, -0.25) is 4.79 Å². The Morgan fingerprint density at radius 3 is 2.18 bits per heavy atom. The molecule has 2 aromatic rings. The minimum atomic E-state index is -0.286. The van der Waals surface area contributed by atoms with E-state index in [1.165, 1.54) is 6.08 Å². The van der Waals surface area contributed by atoms with Crippen molar-refractivity contribution in [1.82, 2.24) is 9.97 Å². The van der Waals surface area contributed by atoms with Crippen molar-refractivity contribution in [2.45, 2.75) is 12.8 Å². The van der Waals surface area contributed by atoms with Gasteiger partial charge in [-0.2, -0.15) is 0 Å². The molecule has 0 atom stereocenters. The zero-order valence-corrected chi connectivity index (χ0v) is 16.3. The molecule has 1 aromatic carbocycles. The molecule has 3 rings (SSSR count). The molecule has 0 aliphatic carbocycles. The topological polar surface area (TPSA) is 85.8 Å². The number of ether oxygens (including phenoxy) is 3. The molecule has 2 heterocycles. The third kappa shape index (κ3) is 4.51. The van der Waals surface area contributed by atoms with Crippen LogP contribution in [0.3, 0.4) is 0 Å². The van der Waals surface area contributed by atoms with Crippen molar-refractivity contribution >= 4 is 23.6 Å². The highest BCUT2D eigenvalue weighted by Crippen LogP contribution is 2.38. The fourth-order valence-corrected chi connectivity index (χ4v) is 3.02. The number of carbonyl (C=O) groups excluding carboxylic acids is 1. The van der Waals surface area contributed by atoms with Crippen LogP contribution in [0.1, 0.15) is 18.4 Å². The average molecular weight is 384 g/mol. The van der Waals surface area contributed by atoms with Crippen molar-refractivity contribution in [1.29, 1.82) is 0 Å². The van der Waals surface area contributed by atoms with Crippen LogP contribution in [-0.2, 0) is 4.79 Å². The second-order valence-corrected chi connectivity index (χ2v) is 6.25. The van der Waals surface area contributed by atoms with Crippen molar-refractivity contribution in [3.63, 3.8) is 0 Å². The highest BCUT2D eigenvalue weighted by Gasteiger charge is 2.15. The van der Waals surface area contributed by atoms with Gasteiger partial charge in [0.05, 0.1) is 39.4 Å². The molecule has 1 saturated heterocycles. The summed E-state index contributed by atoms with van der Waals surface area (Å²) in [6.45, 7) is 1.95. The van der Waals surface area contributed by atoms with Gasteiger partial charge >= 0.3 is 0 Å². The minimum absolute atomic E-state index is 0.286. The Kier molecular flexibility index (Phi) is 6.31. The van der Waals surface area contributed by atoms with Gasteiger partial charge in [0.15, 0.2) is 11.5 Å². The lowest BCUT2D eigenvalue weighted by Crippen LogP contribution is -2.20. The Morgan fingerprint density at radius 1 is 1.04 bits per heavy atom. The van der Waals surface area contributed by atoms with E-state index in [9.17, 15) is 4.79 Å². The maximum atomic E-state index is 12.2. The molecule has 0 spiro atoms. The molecule has 1 amide bonds. The van der Waals surface area contributed by atoms with E-state index >= 15 is 0 Å². The smallest absolute Gasteiger partial charge is 0.248 e. The number of anilines is 2. The molecular formula is C20H24N4O4. The molecule has 1 aromatic heterocycles. The van der Waals surface area contributed by atoms with Crippen LogP contribution in [0.15, 0.2) is 30.6 Å². The lowest BCUT2D eigenvalue weighted by molar-refractivity contribution is -0.111. The number of rotatable bonds is 7. The van der Waals surface area contributed by atoms with E-state index in [2.05, 4.69) is 20.2 Å². The predicted octanol–water partition coefficient (Wildman–Crippen LogP) is 2.75. The van der Waals surface area contributed by atoms with E-state index in [1.54, 1.807) is 51.9 Å².